The highest BCUT2D eigenvalue weighted by Crippen LogP contribution is 2.15. The Balaban J connectivity index is 2.14. The normalized spacial score (nSPS) is 18.8. The van der Waals surface area contributed by atoms with Crippen LogP contribution in [0.4, 0.5) is 5.69 Å². The molecule has 1 fully saturated rings. The number of hydrogen-bond acceptors (Lipinski definition) is 13. The van der Waals surface area contributed by atoms with Crippen molar-refractivity contribution in [2.24, 2.45) is 11.7 Å². The SMILES string of the molecule is CCCCCCCCCCNCCC1NC(=O)CCCCCSCC(C(=O)N[C@H](C(=O)N[C@H](C(=O)N[C@H](C(=O)N[C@@H](Cc2ccc([N+](=O)[O-])cc2)C(N)=O)[C@@H](C)O)C(C)C)[C@@H](C)O)NC1=O. The van der Waals surface area contributed by atoms with Crippen molar-refractivity contribution < 1.29 is 48.7 Å². The number of amides is 7. The maximum atomic E-state index is 13.9. The number of nitrogens with one attached hydrogen (secondary N) is 7. The van der Waals surface area contributed by atoms with Gasteiger partial charge in [-0.25, -0.2) is 0 Å². The third-order valence-corrected chi connectivity index (χ3v) is 12.3. The van der Waals surface area contributed by atoms with Crippen LogP contribution in [0.15, 0.2) is 24.3 Å². The average molecular weight is 950 g/mol. The molecule has 1 aliphatic rings. The molecule has 7 amide bonds. The zero-order chi connectivity index (χ0) is 49.2. The van der Waals surface area contributed by atoms with Gasteiger partial charge in [0.2, 0.25) is 41.4 Å². The molecular weight excluding hydrogens is 875 g/mol. The minimum absolute atomic E-state index is 0.132. The van der Waals surface area contributed by atoms with Crippen molar-refractivity contribution in [3.8, 4) is 0 Å². The first-order valence-corrected chi connectivity index (χ1v) is 24.5. The first kappa shape index (κ1) is 57.3. The van der Waals surface area contributed by atoms with E-state index in [4.69, 9.17) is 5.73 Å². The molecule has 0 saturated carbocycles. The molecule has 0 spiro atoms. The van der Waals surface area contributed by atoms with E-state index in [1.807, 2.05) is 0 Å². The number of primary amides is 1. The largest absolute Gasteiger partial charge is 0.391 e. The van der Waals surface area contributed by atoms with E-state index < -0.39 is 94.7 Å². The van der Waals surface area contributed by atoms with Gasteiger partial charge in [-0.2, -0.15) is 11.8 Å². The summed E-state index contributed by atoms with van der Waals surface area (Å²) in [6.07, 6.45) is 9.05. The van der Waals surface area contributed by atoms with E-state index in [-0.39, 0.29) is 36.6 Å². The number of nitro groups is 1. The number of hydrogen-bond donors (Lipinski definition) is 10. The molecule has 1 aliphatic heterocycles. The topological polar surface area (TPSA) is 313 Å². The van der Waals surface area contributed by atoms with Gasteiger partial charge in [-0.15, -0.1) is 0 Å². The standard InChI is InChI=1S/C45H75N9O11S/c1-6-7-8-9-10-11-12-15-23-47-24-22-33-41(59)50-35(27-66-25-16-13-14-17-36(57)48-33)42(60)52-39(30(5)56)45(63)51-37(28(2)3)43(61)53-38(29(4)55)44(62)49-34(40(46)58)26-31-18-20-32(21-19-31)54(64)65/h18-21,28-30,33-35,37-39,47,55-56H,6-17,22-27H2,1-5H3,(H2,46,58)(H,48,57)(H,49,62)(H,50,59)(H,51,63)(H,52,60)(H,53,61)/t29-,30-,33?,34+,35?,37+,38+,39+/m1/s1. The maximum Gasteiger partial charge on any atom is 0.269 e. The Bertz CT molecular complexity index is 1720. The van der Waals surface area contributed by atoms with Gasteiger partial charge in [0.1, 0.15) is 36.3 Å². The molecule has 2 unspecified atom stereocenters. The molecule has 1 aromatic rings. The van der Waals surface area contributed by atoms with Gasteiger partial charge >= 0.3 is 0 Å². The number of rotatable bonds is 27. The lowest BCUT2D eigenvalue weighted by atomic mass is 10.0. The van der Waals surface area contributed by atoms with Crippen LogP contribution in [0.25, 0.3) is 0 Å². The van der Waals surface area contributed by atoms with Crippen LogP contribution in [0.1, 0.15) is 124 Å². The molecule has 21 heteroatoms. The van der Waals surface area contributed by atoms with E-state index in [1.165, 1.54) is 88.4 Å². The predicted octanol–water partition coefficient (Wildman–Crippen LogP) is 1.38. The molecule has 11 N–H and O–H groups in total. The summed E-state index contributed by atoms with van der Waals surface area (Å²) in [5.74, 6) is -5.29. The minimum Gasteiger partial charge on any atom is -0.391 e. The Labute approximate surface area is 392 Å². The predicted molar refractivity (Wildman–Crippen MR) is 252 cm³/mol. The van der Waals surface area contributed by atoms with Crippen molar-refractivity contribution >= 4 is 58.8 Å². The van der Waals surface area contributed by atoms with Gasteiger partial charge < -0.3 is 53.2 Å². The van der Waals surface area contributed by atoms with Gasteiger partial charge in [0, 0.05) is 30.7 Å². The molecule has 66 heavy (non-hydrogen) atoms. The summed E-state index contributed by atoms with van der Waals surface area (Å²) in [5.41, 5.74) is 5.77. The molecule has 2 rings (SSSR count). The summed E-state index contributed by atoms with van der Waals surface area (Å²) < 4.78 is 0. The second-order valence-corrected chi connectivity index (χ2v) is 18.5. The first-order chi connectivity index (χ1) is 31.4. The first-order valence-electron chi connectivity index (χ1n) is 23.3. The molecule has 1 heterocycles. The minimum atomic E-state index is -1.65. The van der Waals surface area contributed by atoms with Crippen LogP contribution in [-0.2, 0) is 40.0 Å². The van der Waals surface area contributed by atoms with Gasteiger partial charge in [0.25, 0.3) is 5.69 Å². The highest BCUT2D eigenvalue weighted by atomic mass is 32.2. The Hall–Kier alpha value is -4.86. The lowest BCUT2D eigenvalue weighted by Crippen LogP contribution is -2.63. The van der Waals surface area contributed by atoms with Crippen LogP contribution in [0.5, 0.6) is 0 Å². The number of nitrogens with zero attached hydrogens (tertiary/aromatic N) is 1. The van der Waals surface area contributed by atoms with E-state index in [2.05, 4.69) is 44.1 Å². The number of thioether (sulfide) groups is 1. The fraction of sp³-hybridized carbons (Fsp3) is 0.711. The molecule has 0 aromatic heterocycles. The molecule has 372 valence electrons. The molecule has 20 nitrogen and oxygen atoms in total. The van der Waals surface area contributed by atoms with Gasteiger partial charge in [0.05, 0.1) is 17.1 Å². The fourth-order valence-electron chi connectivity index (χ4n) is 7.17. The van der Waals surface area contributed by atoms with E-state index >= 15 is 0 Å². The van der Waals surface area contributed by atoms with E-state index in [1.54, 1.807) is 13.8 Å². The van der Waals surface area contributed by atoms with Crippen LogP contribution in [-0.4, -0.2) is 130 Å². The summed E-state index contributed by atoms with van der Waals surface area (Å²) in [5, 5.41) is 51.1. The highest BCUT2D eigenvalue weighted by molar-refractivity contribution is 7.99. The fourth-order valence-corrected chi connectivity index (χ4v) is 8.22. The van der Waals surface area contributed by atoms with Gasteiger partial charge in [-0.05, 0) is 69.9 Å². The third-order valence-electron chi connectivity index (χ3n) is 11.2. The number of aliphatic hydroxyl groups excluding tert-OH is 2. The zero-order valence-corrected chi connectivity index (χ0v) is 40.1. The molecule has 0 bridgehead atoms. The third kappa shape index (κ3) is 21.6. The molecule has 1 aromatic carbocycles. The number of non-ortho nitro benzene ring substituents is 1. The van der Waals surface area contributed by atoms with Crippen molar-refractivity contribution in [3.05, 3.63) is 39.9 Å². The Kier molecular flexibility index (Phi) is 27.1. The average Bonchev–Trinajstić information content (AvgIpc) is 3.27. The van der Waals surface area contributed by atoms with Gasteiger partial charge in [-0.3, -0.25) is 43.7 Å². The van der Waals surface area contributed by atoms with E-state index in [9.17, 15) is 53.9 Å². The van der Waals surface area contributed by atoms with Gasteiger partial charge in [-0.1, -0.05) is 84.3 Å². The number of benzene rings is 1. The van der Waals surface area contributed by atoms with Crippen LogP contribution >= 0.6 is 11.8 Å². The van der Waals surface area contributed by atoms with Crippen LogP contribution < -0.4 is 43.0 Å². The van der Waals surface area contributed by atoms with Crippen molar-refractivity contribution in [1.29, 1.82) is 0 Å². The summed E-state index contributed by atoms with van der Waals surface area (Å²) in [4.78, 5) is 104. The van der Waals surface area contributed by atoms with Crippen LogP contribution in [0, 0.1) is 16.0 Å². The maximum absolute atomic E-state index is 13.9. The molecule has 0 radical (unpaired) electrons. The second-order valence-electron chi connectivity index (χ2n) is 17.4. The monoisotopic (exact) mass is 950 g/mol. The molecule has 0 aliphatic carbocycles. The number of unbranched alkanes of at least 4 members (excludes halogenated alkanes) is 7. The highest BCUT2D eigenvalue weighted by Gasteiger charge is 2.37. The van der Waals surface area contributed by atoms with E-state index in [0.29, 0.717) is 24.3 Å². The summed E-state index contributed by atoms with van der Waals surface area (Å²) in [7, 11) is 0. The number of aliphatic hydroxyl groups is 2. The Morgan fingerprint density at radius 3 is 1.95 bits per heavy atom. The molecule has 1 saturated heterocycles. The zero-order valence-electron chi connectivity index (χ0n) is 39.2. The molecular formula is C45H75N9O11S. The van der Waals surface area contributed by atoms with Crippen LogP contribution in [0.3, 0.4) is 0 Å². The summed E-state index contributed by atoms with van der Waals surface area (Å²) in [6.45, 7) is 9.08. The van der Waals surface area contributed by atoms with Crippen molar-refractivity contribution in [2.75, 3.05) is 24.6 Å². The number of carbonyl (C=O) groups is 7. The lowest BCUT2D eigenvalue weighted by molar-refractivity contribution is -0.384. The van der Waals surface area contributed by atoms with Crippen molar-refractivity contribution in [1.82, 2.24) is 37.2 Å². The summed E-state index contributed by atoms with van der Waals surface area (Å²) >= 11 is 1.42. The quantitative estimate of drug-likeness (QED) is 0.0339. The number of nitro benzene ring substituents is 1. The Morgan fingerprint density at radius 1 is 0.788 bits per heavy atom. The number of nitrogens with two attached hydrogens (primary N) is 1. The molecule has 8 atom stereocenters. The van der Waals surface area contributed by atoms with Gasteiger partial charge in [0.15, 0.2) is 0 Å². The van der Waals surface area contributed by atoms with Crippen LogP contribution in [0.2, 0.25) is 0 Å². The number of carbonyl (C=O) groups excluding carboxylic acids is 7. The Morgan fingerprint density at radius 2 is 1.36 bits per heavy atom. The lowest BCUT2D eigenvalue weighted by Gasteiger charge is -2.30. The van der Waals surface area contributed by atoms with E-state index in [0.717, 1.165) is 32.2 Å². The smallest absolute Gasteiger partial charge is 0.269 e. The van der Waals surface area contributed by atoms with Crippen molar-refractivity contribution in [3.63, 3.8) is 0 Å². The second kappa shape index (κ2) is 31.2. The summed E-state index contributed by atoms with van der Waals surface area (Å²) in [6, 6.07) is -2.84. The van der Waals surface area contributed by atoms with Crippen molar-refractivity contribution in [2.45, 2.75) is 173 Å².